The van der Waals surface area contributed by atoms with Crippen LogP contribution in [0.25, 0.3) is 0 Å². The smallest absolute Gasteiger partial charge is 0.308 e. The van der Waals surface area contributed by atoms with Crippen LogP contribution >= 0.6 is 0 Å². The Bertz CT molecular complexity index is 651. The van der Waals surface area contributed by atoms with Crippen LogP contribution in [0.1, 0.15) is 29.8 Å². The molecule has 1 amide bonds. The van der Waals surface area contributed by atoms with E-state index >= 15 is 0 Å². The van der Waals surface area contributed by atoms with Crippen LogP contribution in [0.3, 0.4) is 0 Å². The van der Waals surface area contributed by atoms with Gasteiger partial charge in [-0.3, -0.25) is 19.3 Å². The van der Waals surface area contributed by atoms with Gasteiger partial charge in [0.2, 0.25) is 5.91 Å². The second-order valence-corrected chi connectivity index (χ2v) is 6.98. The fourth-order valence-electron chi connectivity index (χ4n) is 3.64. The third kappa shape index (κ3) is 4.95. The van der Waals surface area contributed by atoms with Gasteiger partial charge in [-0.2, -0.15) is 0 Å². The number of esters is 1. The number of piperidine rings is 1. The van der Waals surface area contributed by atoms with Gasteiger partial charge < -0.3 is 18.8 Å². The summed E-state index contributed by atoms with van der Waals surface area (Å²) in [4.78, 5) is 40.4. The van der Waals surface area contributed by atoms with E-state index in [1.54, 1.807) is 17.0 Å². The lowest BCUT2D eigenvalue weighted by Crippen LogP contribution is -2.52. The Balaban J connectivity index is 1.52. The maximum atomic E-state index is 12.7. The summed E-state index contributed by atoms with van der Waals surface area (Å²) in [6.07, 6.45) is 2.99. The maximum Gasteiger partial charge on any atom is 0.308 e. The van der Waals surface area contributed by atoms with E-state index in [1.165, 1.54) is 13.4 Å². The van der Waals surface area contributed by atoms with Crippen molar-refractivity contribution in [1.29, 1.82) is 0 Å². The quantitative estimate of drug-likeness (QED) is 0.538. The maximum absolute atomic E-state index is 12.7. The molecular weight excluding hydrogens is 352 g/mol. The molecule has 8 nitrogen and oxygen atoms in total. The lowest BCUT2D eigenvalue weighted by atomic mass is 9.97. The summed E-state index contributed by atoms with van der Waals surface area (Å²) in [5.74, 6) is -0.0629. The minimum atomic E-state index is -0.202. The van der Waals surface area contributed by atoms with Crippen molar-refractivity contribution in [2.75, 3.05) is 46.5 Å². The lowest BCUT2D eigenvalue weighted by molar-refractivity contribution is -0.149. The topological polar surface area (TPSA) is 89.3 Å². The molecule has 3 heterocycles. The summed E-state index contributed by atoms with van der Waals surface area (Å²) in [6, 6.07) is 3.18. The van der Waals surface area contributed by atoms with E-state index in [1.807, 2.05) is 4.90 Å². The number of Topliss-reactive ketones (excluding diaryl/α,β-unsaturated/α-hetero) is 1. The van der Waals surface area contributed by atoms with E-state index < -0.39 is 0 Å². The predicted octanol–water partition coefficient (Wildman–Crippen LogP) is 0.965. The van der Waals surface area contributed by atoms with Crippen molar-refractivity contribution in [2.24, 2.45) is 5.92 Å². The average Bonchev–Trinajstić information content (AvgIpc) is 3.24. The van der Waals surface area contributed by atoms with Crippen molar-refractivity contribution in [3.05, 3.63) is 24.2 Å². The number of nitrogens with zero attached hydrogens (tertiary/aromatic N) is 2. The number of amides is 1. The summed E-state index contributed by atoms with van der Waals surface area (Å²) in [5.41, 5.74) is 0. The minimum absolute atomic E-state index is 0.0238. The number of methoxy groups -OCH3 is 1. The molecule has 2 aliphatic rings. The summed E-state index contributed by atoms with van der Waals surface area (Å²) < 4.78 is 15.5. The second kappa shape index (κ2) is 9.14. The molecule has 0 N–H and O–H groups in total. The number of morpholine rings is 1. The average molecular weight is 378 g/mol. The second-order valence-electron chi connectivity index (χ2n) is 6.98. The van der Waals surface area contributed by atoms with Crippen molar-refractivity contribution < 1.29 is 28.3 Å². The van der Waals surface area contributed by atoms with Crippen molar-refractivity contribution in [3.63, 3.8) is 0 Å². The van der Waals surface area contributed by atoms with E-state index in [0.717, 1.165) is 0 Å². The SMILES string of the molecule is COC(=O)C1CCN(C(=O)CN2CCOC[C@H]2CC(=O)c2ccco2)CC1. The molecular formula is C19H26N2O6. The van der Waals surface area contributed by atoms with Gasteiger partial charge in [0.25, 0.3) is 0 Å². The van der Waals surface area contributed by atoms with Crippen molar-refractivity contribution in [3.8, 4) is 0 Å². The number of carbonyl (C=O) groups excluding carboxylic acids is 3. The number of furan rings is 1. The van der Waals surface area contributed by atoms with Gasteiger partial charge >= 0.3 is 5.97 Å². The van der Waals surface area contributed by atoms with Crippen LogP contribution in [0.2, 0.25) is 0 Å². The number of carbonyl (C=O) groups is 3. The summed E-state index contributed by atoms with van der Waals surface area (Å²) in [5, 5.41) is 0. The Kier molecular flexibility index (Phi) is 6.63. The van der Waals surface area contributed by atoms with Crippen LogP contribution in [-0.4, -0.2) is 80.0 Å². The Morgan fingerprint density at radius 2 is 2.00 bits per heavy atom. The molecule has 148 valence electrons. The van der Waals surface area contributed by atoms with Crippen LogP contribution in [0.15, 0.2) is 22.8 Å². The number of ether oxygens (including phenoxy) is 2. The largest absolute Gasteiger partial charge is 0.469 e. The molecule has 2 aliphatic heterocycles. The van der Waals surface area contributed by atoms with Crippen LogP contribution in [-0.2, 0) is 19.1 Å². The Hall–Kier alpha value is -2.19. The zero-order valence-corrected chi connectivity index (χ0v) is 15.6. The molecule has 8 heteroatoms. The Labute approximate surface area is 158 Å². The van der Waals surface area contributed by atoms with Crippen LogP contribution in [0, 0.1) is 5.92 Å². The Morgan fingerprint density at radius 3 is 2.67 bits per heavy atom. The number of hydrogen-bond donors (Lipinski definition) is 0. The van der Waals surface area contributed by atoms with Crippen molar-refractivity contribution >= 4 is 17.7 Å². The fraction of sp³-hybridized carbons (Fsp3) is 0.632. The van der Waals surface area contributed by atoms with E-state index in [2.05, 4.69) is 0 Å². The third-order valence-electron chi connectivity index (χ3n) is 5.29. The molecule has 1 aromatic heterocycles. The standard InChI is InChI=1S/C19H26N2O6/c1-25-19(24)14-4-6-20(7-5-14)18(23)12-21-8-10-26-13-15(21)11-16(22)17-3-2-9-27-17/h2-3,9,14-15H,4-8,10-13H2,1H3/t15-/m1/s1. The first-order valence-electron chi connectivity index (χ1n) is 9.32. The number of rotatable bonds is 6. The molecule has 0 aliphatic carbocycles. The monoisotopic (exact) mass is 378 g/mol. The van der Waals surface area contributed by atoms with E-state index in [4.69, 9.17) is 13.9 Å². The first-order valence-corrected chi connectivity index (χ1v) is 9.32. The molecule has 2 fully saturated rings. The molecule has 0 spiro atoms. The lowest BCUT2D eigenvalue weighted by Gasteiger charge is -2.37. The van der Waals surface area contributed by atoms with Crippen molar-refractivity contribution in [1.82, 2.24) is 9.80 Å². The molecule has 1 atom stereocenters. The first kappa shape index (κ1) is 19.6. The van der Waals surface area contributed by atoms with E-state index in [9.17, 15) is 14.4 Å². The molecule has 0 unspecified atom stereocenters. The van der Waals surface area contributed by atoms with Gasteiger partial charge in [-0.15, -0.1) is 0 Å². The highest BCUT2D eigenvalue weighted by atomic mass is 16.5. The van der Waals surface area contributed by atoms with Gasteiger partial charge in [-0.25, -0.2) is 0 Å². The zero-order valence-electron chi connectivity index (χ0n) is 15.6. The normalized spacial score (nSPS) is 21.8. The summed E-state index contributed by atoms with van der Waals surface area (Å²) in [7, 11) is 1.39. The highest BCUT2D eigenvalue weighted by Crippen LogP contribution is 2.20. The van der Waals surface area contributed by atoms with Crippen LogP contribution in [0.5, 0.6) is 0 Å². The van der Waals surface area contributed by atoms with Gasteiger partial charge in [0, 0.05) is 32.1 Å². The molecule has 0 saturated carbocycles. The molecule has 0 radical (unpaired) electrons. The van der Waals surface area contributed by atoms with Gasteiger partial charge in [-0.05, 0) is 25.0 Å². The number of ketones is 1. The predicted molar refractivity (Wildman–Crippen MR) is 95.2 cm³/mol. The third-order valence-corrected chi connectivity index (χ3v) is 5.29. The fourth-order valence-corrected chi connectivity index (χ4v) is 3.64. The van der Waals surface area contributed by atoms with Gasteiger partial charge in [0.1, 0.15) is 0 Å². The van der Waals surface area contributed by atoms with E-state index in [0.29, 0.717) is 51.4 Å². The highest BCUT2D eigenvalue weighted by molar-refractivity contribution is 5.93. The Morgan fingerprint density at radius 1 is 1.22 bits per heavy atom. The van der Waals surface area contributed by atoms with Crippen LogP contribution < -0.4 is 0 Å². The van der Waals surface area contributed by atoms with Crippen LogP contribution in [0.4, 0.5) is 0 Å². The number of hydrogen-bond acceptors (Lipinski definition) is 7. The zero-order chi connectivity index (χ0) is 19.2. The summed E-state index contributed by atoms with van der Waals surface area (Å²) >= 11 is 0. The molecule has 27 heavy (non-hydrogen) atoms. The molecule has 1 aromatic rings. The molecule has 3 rings (SSSR count). The first-order chi connectivity index (χ1) is 13.1. The van der Waals surface area contributed by atoms with Crippen molar-refractivity contribution in [2.45, 2.75) is 25.3 Å². The molecule has 0 aromatic carbocycles. The van der Waals surface area contributed by atoms with E-state index in [-0.39, 0.29) is 42.6 Å². The minimum Gasteiger partial charge on any atom is -0.469 e. The van der Waals surface area contributed by atoms with Gasteiger partial charge in [-0.1, -0.05) is 0 Å². The summed E-state index contributed by atoms with van der Waals surface area (Å²) in [6.45, 7) is 2.94. The highest BCUT2D eigenvalue weighted by Gasteiger charge is 2.32. The van der Waals surface area contributed by atoms with Gasteiger partial charge in [0.05, 0.1) is 39.0 Å². The molecule has 0 bridgehead atoms. The number of likely N-dealkylation sites (tertiary alicyclic amines) is 1. The molecule has 2 saturated heterocycles. The van der Waals surface area contributed by atoms with Gasteiger partial charge in [0.15, 0.2) is 11.5 Å².